The first-order valence-corrected chi connectivity index (χ1v) is 5.42. The Balaban J connectivity index is 2.15. The van der Waals surface area contributed by atoms with Crippen LogP contribution < -0.4 is 5.73 Å². The van der Waals surface area contributed by atoms with Gasteiger partial charge in [-0.3, -0.25) is 4.90 Å². The first-order chi connectivity index (χ1) is 6.22. The van der Waals surface area contributed by atoms with Crippen LogP contribution in [0.3, 0.4) is 0 Å². The van der Waals surface area contributed by atoms with E-state index in [2.05, 4.69) is 23.6 Å². The van der Waals surface area contributed by atoms with E-state index in [0.29, 0.717) is 6.04 Å². The molecule has 3 nitrogen and oxygen atoms in total. The quantitative estimate of drug-likeness (QED) is 0.686. The van der Waals surface area contributed by atoms with Crippen LogP contribution in [0.1, 0.15) is 20.3 Å². The molecule has 0 unspecified atom stereocenters. The van der Waals surface area contributed by atoms with Gasteiger partial charge in [0, 0.05) is 38.8 Å². The maximum absolute atomic E-state index is 5.76. The topological polar surface area (TPSA) is 32.5 Å². The smallest absolute Gasteiger partial charge is 0.0139 e. The van der Waals surface area contributed by atoms with Crippen LogP contribution in [0.2, 0.25) is 0 Å². The van der Waals surface area contributed by atoms with Gasteiger partial charge in [-0.15, -0.1) is 0 Å². The second-order valence-electron chi connectivity index (χ2n) is 4.12. The molecule has 0 aromatic heterocycles. The fourth-order valence-electron chi connectivity index (χ4n) is 1.92. The Morgan fingerprint density at radius 3 is 2.15 bits per heavy atom. The van der Waals surface area contributed by atoms with Gasteiger partial charge < -0.3 is 10.6 Å². The zero-order valence-electron chi connectivity index (χ0n) is 9.00. The maximum atomic E-state index is 5.76. The molecule has 0 aromatic rings. The normalized spacial score (nSPS) is 23.3. The number of piperazine rings is 1. The third-order valence-corrected chi connectivity index (χ3v) is 2.55. The number of hydrogen-bond acceptors (Lipinski definition) is 3. The van der Waals surface area contributed by atoms with Crippen molar-refractivity contribution in [3.8, 4) is 0 Å². The summed E-state index contributed by atoms with van der Waals surface area (Å²) in [5, 5.41) is 0. The third-order valence-electron chi connectivity index (χ3n) is 2.55. The molecule has 1 aliphatic heterocycles. The van der Waals surface area contributed by atoms with E-state index in [4.69, 9.17) is 5.73 Å². The largest absolute Gasteiger partial charge is 0.327 e. The van der Waals surface area contributed by atoms with Gasteiger partial charge in [0.25, 0.3) is 0 Å². The average Bonchev–Trinajstić information content (AvgIpc) is 2.08. The summed E-state index contributed by atoms with van der Waals surface area (Å²) in [6.07, 6.45) is 1.27. The minimum Gasteiger partial charge on any atom is -0.327 e. The van der Waals surface area contributed by atoms with Crippen LogP contribution in [0.4, 0.5) is 0 Å². The highest BCUT2D eigenvalue weighted by Gasteiger charge is 2.16. The van der Waals surface area contributed by atoms with E-state index in [1.165, 1.54) is 39.1 Å². The number of rotatable bonds is 4. The van der Waals surface area contributed by atoms with Gasteiger partial charge in [-0.1, -0.05) is 6.92 Å². The monoisotopic (exact) mass is 185 g/mol. The molecule has 3 heteroatoms. The molecule has 1 aliphatic rings. The summed E-state index contributed by atoms with van der Waals surface area (Å²) in [7, 11) is 0. The molecule has 0 saturated carbocycles. The second-order valence-corrected chi connectivity index (χ2v) is 4.12. The molecule has 1 rings (SSSR count). The van der Waals surface area contributed by atoms with Crippen LogP contribution >= 0.6 is 0 Å². The molecule has 0 aliphatic carbocycles. The van der Waals surface area contributed by atoms with Crippen LogP contribution in [0.5, 0.6) is 0 Å². The highest BCUT2D eigenvalue weighted by molar-refractivity contribution is 4.73. The summed E-state index contributed by atoms with van der Waals surface area (Å²) in [6, 6.07) is 0.317. The minimum absolute atomic E-state index is 0.317. The van der Waals surface area contributed by atoms with Crippen molar-refractivity contribution in [2.24, 2.45) is 5.73 Å². The van der Waals surface area contributed by atoms with E-state index in [1.54, 1.807) is 0 Å². The first-order valence-electron chi connectivity index (χ1n) is 5.42. The van der Waals surface area contributed by atoms with Crippen LogP contribution in [0, 0.1) is 0 Å². The van der Waals surface area contributed by atoms with Crippen molar-refractivity contribution in [3.05, 3.63) is 0 Å². The zero-order valence-corrected chi connectivity index (χ0v) is 9.00. The van der Waals surface area contributed by atoms with Crippen molar-refractivity contribution in [2.45, 2.75) is 26.3 Å². The standard InChI is InChI=1S/C10H23N3/c1-3-4-12-5-7-13(8-6-12)9-10(2)11/h10H,3-9,11H2,1-2H3/t10-/m1/s1. The molecule has 78 valence electrons. The fourth-order valence-corrected chi connectivity index (χ4v) is 1.92. The molecule has 2 N–H and O–H groups in total. The summed E-state index contributed by atoms with van der Waals surface area (Å²) in [5.41, 5.74) is 5.76. The highest BCUT2D eigenvalue weighted by Crippen LogP contribution is 2.02. The van der Waals surface area contributed by atoms with Crippen molar-refractivity contribution in [3.63, 3.8) is 0 Å². The first kappa shape index (κ1) is 11.0. The van der Waals surface area contributed by atoms with Gasteiger partial charge in [-0.05, 0) is 19.9 Å². The lowest BCUT2D eigenvalue weighted by Gasteiger charge is -2.35. The van der Waals surface area contributed by atoms with Crippen LogP contribution in [0.25, 0.3) is 0 Å². The zero-order chi connectivity index (χ0) is 9.68. The second kappa shape index (κ2) is 5.58. The molecule has 0 aromatic carbocycles. The van der Waals surface area contributed by atoms with Gasteiger partial charge in [0.15, 0.2) is 0 Å². The highest BCUT2D eigenvalue weighted by atomic mass is 15.3. The van der Waals surface area contributed by atoms with Gasteiger partial charge in [0.05, 0.1) is 0 Å². The summed E-state index contributed by atoms with van der Waals surface area (Å²) in [4.78, 5) is 5.01. The van der Waals surface area contributed by atoms with Crippen LogP contribution in [0.15, 0.2) is 0 Å². The van der Waals surface area contributed by atoms with Crippen LogP contribution in [-0.2, 0) is 0 Å². The molecular formula is C10H23N3. The number of nitrogens with zero attached hydrogens (tertiary/aromatic N) is 2. The average molecular weight is 185 g/mol. The van der Waals surface area contributed by atoms with Crippen molar-refractivity contribution < 1.29 is 0 Å². The fraction of sp³-hybridized carbons (Fsp3) is 1.00. The van der Waals surface area contributed by atoms with E-state index in [1.807, 2.05) is 0 Å². The Labute approximate surface area is 81.9 Å². The molecule has 13 heavy (non-hydrogen) atoms. The Kier molecular flexibility index (Phi) is 4.70. The van der Waals surface area contributed by atoms with Gasteiger partial charge >= 0.3 is 0 Å². The van der Waals surface area contributed by atoms with Crippen molar-refractivity contribution in [1.82, 2.24) is 9.80 Å². The van der Waals surface area contributed by atoms with E-state index in [9.17, 15) is 0 Å². The maximum Gasteiger partial charge on any atom is 0.0139 e. The summed E-state index contributed by atoms with van der Waals surface area (Å²) < 4.78 is 0. The van der Waals surface area contributed by atoms with Gasteiger partial charge in [0.2, 0.25) is 0 Å². The Morgan fingerprint density at radius 1 is 1.15 bits per heavy atom. The summed E-state index contributed by atoms with van der Waals surface area (Å²) in [6.45, 7) is 11.5. The number of hydrogen-bond donors (Lipinski definition) is 1. The predicted octanol–water partition coefficient (Wildman–Crippen LogP) is 0.361. The lowest BCUT2D eigenvalue weighted by Crippen LogP contribution is -2.49. The Hall–Kier alpha value is -0.120. The lowest BCUT2D eigenvalue weighted by atomic mass is 10.2. The molecule has 1 fully saturated rings. The van der Waals surface area contributed by atoms with Crippen molar-refractivity contribution >= 4 is 0 Å². The predicted molar refractivity (Wildman–Crippen MR) is 56.8 cm³/mol. The van der Waals surface area contributed by atoms with Crippen molar-refractivity contribution in [1.29, 1.82) is 0 Å². The Morgan fingerprint density at radius 2 is 1.69 bits per heavy atom. The molecule has 1 heterocycles. The SMILES string of the molecule is CCCN1CCN(C[C@@H](C)N)CC1. The van der Waals surface area contributed by atoms with E-state index in [-0.39, 0.29) is 0 Å². The van der Waals surface area contributed by atoms with Crippen LogP contribution in [-0.4, -0.2) is 55.1 Å². The molecule has 0 amide bonds. The van der Waals surface area contributed by atoms with E-state index < -0.39 is 0 Å². The van der Waals surface area contributed by atoms with Gasteiger partial charge in [0.1, 0.15) is 0 Å². The molecule has 0 spiro atoms. The van der Waals surface area contributed by atoms with Gasteiger partial charge in [-0.25, -0.2) is 0 Å². The molecule has 0 bridgehead atoms. The molecule has 0 radical (unpaired) electrons. The van der Waals surface area contributed by atoms with E-state index in [0.717, 1.165) is 6.54 Å². The summed E-state index contributed by atoms with van der Waals surface area (Å²) >= 11 is 0. The molecule has 1 saturated heterocycles. The van der Waals surface area contributed by atoms with Gasteiger partial charge in [-0.2, -0.15) is 0 Å². The van der Waals surface area contributed by atoms with Crippen molar-refractivity contribution in [2.75, 3.05) is 39.3 Å². The summed E-state index contributed by atoms with van der Waals surface area (Å²) in [5.74, 6) is 0. The minimum atomic E-state index is 0.317. The lowest BCUT2D eigenvalue weighted by molar-refractivity contribution is 0.129. The Bertz CT molecular complexity index is 128. The van der Waals surface area contributed by atoms with E-state index >= 15 is 0 Å². The third kappa shape index (κ3) is 4.07. The number of nitrogens with two attached hydrogens (primary N) is 1. The molecular weight excluding hydrogens is 162 g/mol. The molecule has 1 atom stereocenters.